The number of halogens is 3. The van der Waals surface area contributed by atoms with E-state index in [-0.39, 0.29) is 0 Å². The first-order valence-electron chi connectivity index (χ1n) is 8.47. The van der Waals surface area contributed by atoms with Crippen molar-refractivity contribution in [2.75, 3.05) is 19.3 Å². The Morgan fingerprint density at radius 3 is 2.59 bits per heavy atom. The average molecular weight is 454 g/mol. The second kappa shape index (κ2) is 9.69. The number of nitrogens with one attached hydrogen (secondary N) is 1. The van der Waals surface area contributed by atoms with Crippen LogP contribution in [0.2, 0.25) is 0 Å². The minimum absolute atomic E-state index is 0.302. The zero-order valence-electron chi connectivity index (χ0n) is 15.5. The van der Waals surface area contributed by atoms with E-state index in [4.69, 9.17) is 9.90 Å². The molecule has 8 nitrogen and oxygen atoms in total. The Kier molecular flexibility index (Phi) is 7.80. The Hall–Kier alpha value is -1.96. The van der Waals surface area contributed by atoms with E-state index in [9.17, 15) is 21.6 Å². The number of carboxylic acid groups (broad SMARTS) is 1. The zero-order chi connectivity index (χ0) is 21.7. The van der Waals surface area contributed by atoms with Crippen LogP contribution >= 0.6 is 11.3 Å². The third-order valence-corrected chi connectivity index (χ3v) is 5.46. The van der Waals surface area contributed by atoms with Crippen LogP contribution < -0.4 is 4.72 Å². The van der Waals surface area contributed by atoms with E-state index in [0.717, 1.165) is 44.1 Å². The predicted molar refractivity (Wildman–Crippen MR) is 101 cm³/mol. The molecule has 2 aromatic heterocycles. The summed E-state index contributed by atoms with van der Waals surface area (Å²) in [5.74, 6) is -1.72. The number of hydrogen-bond acceptors (Lipinski definition) is 6. The maximum absolute atomic E-state index is 11.2. The number of nitrogens with zero attached hydrogens (tertiary/aromatic N) is 3. The standard InChI is InChI=1S/C14H20N4O2S2.C2HF3O2/c1-22(19,20)16-9-13-8-15-14-2-4-17(5-6-18(13)14)10-12-3-7-21-11-12;3-2(4,5)1(6)7/h3,7-8,11,16H,2,4-6,9-10H2,1H3;(H,6,7). The molecular formula is C16H21F3N4O4S2. The minimum Gasteiger partial charge on any atom is -0.475 e. The number of hydrogen-bond donors (Lipinski definition) is 2. The molecule has 0 saturated carbocycles. The number of aromatic nitrogens is 2. The summed E-state index contributed by atoms with van der Waals surface area (Å²) in [5, 5.41) is 11.4. The molecule has 13 heteroatoms. The molecule has 0 aromatic carbocycles. The number of alkyl halides is 3. The molecule has 1 aliphatic heterocycles. The Morgan fingerprint density at radius 1 is 1.34 bits per heavy atom. The van der Waals surface area contributed by atoms with Gasteiger partial charge in [0.1, 0.15) is 5.82 Å². The first-order valence-corrected chi connectivity index (χ1v) is 11.3. The van der Waals surface area contributed by atoms with Gasteiger partial charge in [-0.1, -0.05) is 0 Å². The van der Waals surface area contributed by atoms with Gasteiger partial charge in [-0.05, 0) is 22.4 Å². The van der Waals surface area contributed by atoms with Crippen LogP contribution in [0.25, 0.3) is 0 Å². The molecule has 0 bridgehead atoms. The number of imidazole rings is 1. The van der Waals surface area contributed by atoms with Gasteiger partial charge in [0.2, 0.25) is 10.0 Å². The van der Waals surface area contributed by atoms with Gasteiger partial charge in [-0.3, -0.25) is 4.90 Å². The van der Waals surface area contributed by atoms with Crippen molar-refractivity contribution in [3.05, 3.63) is 40.1 Å². The lowest BCUT2D eigenvalue weighted by Crippen LogP contribution is -2.27. The van der Waals surface area contributed by atoms with Crippen molar-refractivity contribution in [3.8, 4) is 0 Å². The van der Waals surface area contributed by atoms with E-state index >= 15 is 0 Å². The van der Waals surface area contributed by atoms with Gasteiger partial charge in [0, 0.05) is 38.8 Å². The van der Waals surface area contributed by atoms with Gasteiger partial charge in [0.05, 0.1) is 18.5 Å². The second-order valence-corrected chi connectivity index (χ2v) is 8.98. The summed E-state index contributed by atoms with van der Waals surface area (Å²) >= 11 is 1.72. The molecule has 0 fully saturated rings. The van der Waals surface area contributed by atoms with Crippen molar-refractivity contribution in [2.45, 2.75) is 32.2 Å². The summed E-state index contributed by atoms with van der Waals surface area (Å²) in [7, 11) is -3.18. The van der Waals surface area contributed by atoms with Gasteiger partial charge in [0.25, 0.3) is 0 Å². The minimum atomic E-state index is -5.08. The van der Waals surface area contributed by atoms with Crippen molar-refractivity contribution in [1.29, 1.82) is 0 Å². The molecule has 0 spiro atoms. The monoisotopic (exact) mass is 454 g/mol. The molecule has 162 valence electrons. The lowest BCUT2D eigenvalue weighted by molar-refractivity contribution is -0.192. The fraction of sp³-hybridized carbons (Fsp3) is 0.500. The Morgan fingerprint density at radius 2 is 2.03 bits per heavy atom. The largest absolute Gasteiger partial charge is 0.490 e. The SMILES string of the molecule is CS(=O)(=O)NCc1cnc2n1CCN(Cc1ccsc1)CC2.O=C(O)C(F)(F)F. The highest BCUT2D eigenvalue weighted by atomic mass is 32.2. The fourth-order valence-electron chi connectivity index (χ4n) is 2.68. The molecule has 1 aliphatic rings. The van der Waals surface area contributed by atoms with E-state index in [2.05, 4.69) is 36.0 Å². The van der Waals surface area contributed by atoms with E-state index in [1.54, 1.807) is 17.5 Å². The van der Waals surface area contributed by atoms with E-state index in [1.165, 1.54) is 11.8 Å². The van der Waals surface area contributed by atoms with Gasteiger partial charge in [0.15, 0.2) is 0 Å². The van der Waals surface area contributed by atoms with E-state index < -0.39 is 22.2 Å². The lowest BCUT2D eigenvalue weighted by Gasteiger charge is -2.18. The number of carboxylic acids is 1. The van der Waals surface area contributed by atoms with Crippen LogP contribution in [-0.4, -0.2) is 59.5 Å². The number of fused-ring (bicyclic) bond motifs is 1. The molecule has 0 amide bonds. The van der Waals surface area contributed by atoms with Crippen LogP contribution in [-0.2, 0) is 40.9 Å². The number of sulfonamides is 1. The summed E-state index contributed by atoms with van der Waals surface area (Å²) < 4.78 is 58.9. The third kappa shape index (κ3) is 7.76. The molecule has 3 heterocycles. The maximum Gasteiger partial charge on any atom is 0.490 e. The molecule has 2 aromatic rings. The Labute approximate surface area is 170 Å². The Bertz CT molecular complexity index is 911. The van der Waals surface area contributed by atoms with Crippen molar-refractivity contribution >= 4 is 27.3 Å². The van der Waals surface area contributed by atoms with Gasteiger partial charge < -0.3 is 9.67 Å². The topological polar surface area (TPSA) is 105 Å². The van der Waals surface area contributed by atoms with Crippen LogP contribution in [0.5, 0.6) is 0 Å². The number of carbonyl (C=O) groups is 1. The number of rotatable bonds is 5. The van der Waals surface area contributed by atoms with Crippen molar-refractivity contribution in [1.82, 2.24) is 19.2 Å². The van der Waals surface area contributed by atoms with Crippen molar-refractivity contribution in [3.63, 3.8) is 0 Å². The quantitative estimate of drug-likeness (QED) is 0.713. The normalized spacial score (nSPS) is 15.2. The van der Waals surface area contributed by atoms with Crippen molar-refractivity contribution in [2.24, 2.45) is 0 Å². The lowest BCUT2D eigenvalue weighted by atomic mass is 10.3. The van der Waals surface area contributed by atoms with Gasteiger partial charge in [-0.25, -0.2) is 22.9 Å². The molecule has 0 radical (unpaired) electrons. The zero-order valence-corrected chi connectivity index (χ0v) is 17.1. The van der Waals surface area contributed by atoms with E-state index in [1.807, 2.05) is 0 Å². The molecule has 0 aliphatic carbocycles. The summed E-state index contributed by atoms with van der Waals surface area (Å²) in [5.41, 5.74) is 2.28. The van der Waals surface area contributed by atoms with Crippen LogP contribution in [0.15, 0.2) is 23.0 Å². The molecular weight excluding hydrogens is 433 g/mol. The molecule has 29 heavy (non-hydrogen) atoms. The van der Waals surface area contributed by atoms with E-state index in [0.29, 0.717) is 6.54 Å². The molecule has 0 saturated heterocycles. The van der Waals surface area contributed by atoms with Crippen LogP contribution in [0.3, 0.4) is 0 Å². The van der Waals surface area contributed by atoms with Crippen molar-refractivity contribution < 1.29 is 31.5 Å². The highest BCUT2D eigenvalue weighted by molar-refractivity contribution is 7.88. The van der Waals surface area contributed by atoms with Crippen LogP contribution in [0.1, 0.15) is 17.1 Å². The molecule has 3 rings (SSSR count). The number of thiophene rings is 1. The number of aliphatic carboxylic acids is 1. The second-order valence-electron chi connectivity index (χ2n) is 6.37. The predicted octanol–water partition coefficient (Wildman–Crippen LogP) is 1.69. The first kappa shape index (κ1) is 23.3. The maximum atomic E-state index is 11.2. The molecule has 2 N–H and O–H groups in total. The van der Waals surface area contributed by atoms with Crippen LogP contribution in [0.4, 0.5) is 13.2 Å². The van der Waals surface area contributed by atoms with Gasteiger partial charge in [-0.15, -0.1) is 0 Å². The summed E-state index contributed by atoms with van der Waals surface area (Å²) in [6, 6.07) is 2.16. The summed E-state index contributed by atoms with van der Waals surface area (Å²) in [6.07, 6.45) is -1.24. The molecule has 0 atom stereocenters. The average Bonchev–Trinajstić information content (AvgIpc) is 3.19. The first-order chi connectivity index (χ1) is 13.5. The van der Waals surface area contributed by atoms with Crippen LogP contribution in [0, 0.1) is 0 Å². The molecule has 0 unspecified atom stereocenters. The summed E-state index contributed by atoms with van der Waals surface area (Å²) in [6.45, 7) is 4.04. The third-order valence-electron chi connectivity index (χ3n) is 4.06. The summed E-state index contributed by atoms with van der Waals surface area (Å²) in [4.78, 5) is 15.8. The fourth-order valence-corrected chi connectivity index (χ4v) is 3.75. The highest BCUT2D eigenvalue weighted by Crippen LogP contribution is 2.15. The highest BCUT2D eigenvalue weighted by Gasteiger charge is 2.38. The Balaban J connectivity index is 0.000000370. The van der Waals surface area contributed by atoms with Gasteiger partial charge >= 0.3 is 12.1 Å². The smallest absolute Gasteiger partial charge is 0.475 e. The van der Waals surface area contributed by atoms with Gasteiger partial charge in [-0.2, -0.15) is 24.5 Å².